The molecule has 0 saturated carbocycles. The average Bonchev–Trinajstić information content (AvgIpc) is 3.08. The number of para-hydroxylation sites is 2. The highest BCUT2D eigenvalue weighted by atomic mass is 32.2. The first-order valence-electron chi connectivity index (χ1n) is 9.68. The largest absolute Gasteiger partial charge is 0.452 e. The third-order valence-corrected chi connectivity index (χ3v) is 6.24. The Morgan fingerprint density at radius 3 is 2.35 bits per heavy atom. The minimum Gasteiger partial charge on any atom is -0.452 e. The topological polar surface area (TPSA) is 77.3 Å². The van der Waals surface area contributed by atoms with Crippen molar-refractivity contribution in [3.05, 3.63) is 72.1 Å². The lowest BCUT2D eigenvalue weighted by atomic mass is 10.2. The fourth-order valence-corrected chi connectivity index (χ4v) is 4.73. The molecule has 2 aromatic carbocycles. The summed E-state index contributed by atoms with van der Waals surface area (Å²) in [5, 5.41) is 5.09. The maximum atomic E-state index is 13.1. The number of fused-ring (bicyclic) bond motifs is 3. The summed E-state index contributed by atoms with van der Waals surface area (Å²) < 4.78 is 7.02. The summed E-state index contributed by atoms with van der Waals surface area (Å²) >= 11 is 1.61. The molecule has 0 saturated heterocycles. The Labute approximate surface area is 182 Å². The quantitative estimate of drug-likeness (QED) is 0.452. The Kier molecular flexibility index (Phi) is 4.71. The fraction of sp³-hybridized carbons (Fsp3) is 0.130. The van der Waals surface area contributed by atoms with Crippen LogP contribution in [0.15, 0.2) is 70.6 Å². The predicted octanol–water partition coefficient (Wildman–Crippen LogP) is 4.26. The lowest BCUT2D eigenvalue weighted by molar-refractivity contribution is -0.121. The van der Waals surface area contributed by atoms with Crippen LogP contribution in [-0.4, -0.2) is 33.2 Å². The number of anilines is 2. The van der Waals surface area contributed by atoms with Crippen LogP contribution in [0, 0.1) is 6.92 Å². The van der Waals surface area contributed by atoms with Gasteiger partial charge in [-0.3, -0.25) is 14.4 Å². The number of rotatable bonds is 3. The van der Waals surface area contributed by atoms with Gasteiger partial charge in [-0.1, -0.05) is 36.0 Å². The number of hydrogen-bond acceptors (Lipinski definition) is 6. The zero-order valence-electron chi connectivity index (χ0n) is 16.9. The molecular weight excluding hydrogens is 412 g/mol. The summed E-state index contributed by atoms with van der Waals surface area (Å²) in [7, 11) is 1.80. The van der Waals surface area contributed by atoms with Gasteiger partial charge in [0, 0.05) is 28.4 Å². The highest BCUT2D eigenvalue weighted by Crippen LogP contribution is 2.47. The number of carbonyl (C=O) groups excluding carboxylic acids is 2. The lowest BCUT2D eigenvalue weighted by Gasteiger charge is -2.30. The van der Waals surface area contributed by atoms with Gasteiger partial charge in [0.1, 0.15) is 0 Å². The van der Waals surface area contributed by atoms with Gasteiger partial charge in [-0.05, 0) is 37.3 Å². The van der Waals surface area contributed by atoms with Gasteiger partial charge in [-0.15, -0.1) is 0 Å². The zero-order valence-corrected chi connectivity index (χ0v) is 17.7. The molecule has 31 heavy (non-hydrogen) atoms. The second-order valence-corrected chi connectivity index (χ2v) is 8.23. The second kappa shape index (κ2) is 7.55. The van der Waals surface area contributed by atoms with E-state index >= 15 is 0 Å². The molecule has 3 heterocycles. The first-order valence-corrected chi connectivity index (χ1v) is 10.5. The van der Waals surface area contributed by atoms with E-state index in [1.165, 1.54) is 6.20 Å². The average molecular weight is 430 g/mol. The van der Waals surface area contributed by atoms with Crippen molar-refractivity contribution in [2.75, 3.05) is 11.5 Å². The molecule has 5 rings (SSSR count). The molecule has 7 nitrogen and oxygen atoms in total. The smallest absolute Gasteiger partial charge is 0.340 e. The molecule has 1 aliphatic rings. The normalized spacial score (nSPS) is 12.4. The number of nitrogens with zero attached hydrogens (tertiary/aromatic N) is 4. The molecule has 1 amide bonds. The monoisotopic (exact) mass is 430 g/mol. The third kappa shape index (κ3) is 3.34. The number of aromatic nitrogens is 3. The SMILES string of the molecule is Cc1nn(C)c2ncc(C(=O)OCC(=O)N3c4ccccc4Sc4ccccc43)cc12. The van der Waals surface area contributed by atoms with Gasteiger partial charge < -0.3 is 4.74 Å². The molecule has 8 heteroatoms. The van der Waals surface area contributed by atoms with E-state index in [2.05, 4.69) is 10.1 Å². The van der Waals surface area contributed by atoms with E-state index < -0.39 is 5.97 Å². The molecule has 1 aliphatic heterocycles. The summed E-state index contributed by atoms with van der Waals surface area (Å²) in [5.41, 5.74) is 3.30. The number of amides is 1. The standard InChI is InChI=1S/C23H18N4O3S/c1-14-16-11-15(12-24-22(16)26(2)25-14)23(29)30-13-21(28)27-17-7-3-5-9-19(17)31-20-10-6-4-8-18(20)27/h3-12H,13H2,1-2H3. The van der Waals surface area contributed by atoms with E-state index in [9.17, 15) is 9.59 Å². The Bertz CT molecular complexity index is 1300. The Hall–Kier alpha value is -3.65. The number of aryl methyl sites for hydroxylation is 2. The molecule has 4 aromatic rings. The van der Waals surface area contributed by atoms with Gasteiger partial charge >= 0.3 is 5.97 Å². The molecule has 0 N–H and O–H groups in total. The summed E-state index contributed by atoms with van der Waals surface area (Å²) in [6.45, 7) is 1.47. The van der Waals surface area contributed by atoms with Crippen LogP contribution in [0.1, 0.15) is 16.1 Å². The van der Waals surface area contributed by atoms with Crippen molar-refractivity contribution in [2.45, 2.75) is 16.7 Å². The molecule has 0 aliphatic carbocycles. The van der Waals surface area contributed by atoms with Gasteiger partial charge in [0.2, 0.25) is 0 Å². The lowest BCUT2D eigenvalue weighted by Crippen LogP contribution is -2.32. The Morgan fingerprint density at radius 2 is 1.68 bits per heavy atom. The minimum atomic E-state index is -0.598. The van der Waals surface area contributed by atoms with Crippen molar-refractivity contribution in [1.82, 2.24) is 14.8 Å². The number of carbonyl (C=O) groups is 2. The van der Waals surface area contributed by atoms with Crippen LogP contribution >= 0.6 is 11.8 Å². The maximum Gasteiger partial charge on any atom is 0.340 e. The van der Waals surface area contributed by atoms with Gasteiger partial charge in [0.15, 0.2) is 12.3 Å². The van der Waals surface area contributed by atoms with Gasteiger partial charge in [0.05, 0.1) is 22.6 Å². The molecule has 0 radical (unpaired) electrons. The van der Waals surface area contributed by atoms with Crippen molar-refractivity contribution in [2.24, 2.45) is 7.05 Å². The van der Waals surface area contributed by atoms with Gasteiger partial charge in [0.25, 0.3) is 5.91 Å². The van der Waals surface area contributed by atoms with Crippen LogP contribution in [0.25, 0.3) is 11.0 Å². The fourth-order valence-electron chi connectivity index (χ4n) is 3.67. The zero-order chi connectivity index (χ0) is 21.5. The molecule has 0 unspecified atom stereocenters. The van der Waals surface area contributed by atoms with E-state index in [4.69, 9.17) is 4.74 Å². The van der Waals surface area contributed by atoms with Crippen LogP contribution in [0.5, 0.6) is 0 Å². The molecule has 154 valence electrons. The predicted molar refractivity (Wildman–Crippen MR) is 118 cm³/mol. The first-order chi connectivity index (χ1) is 15.0. The summed E-state index contributed by atoms with van der Waals surface area (Å²) in [4.78, 5) is 33.6. The van der Waals surface area contributed by atoms with E-state index in [1.807, 2.05) is 55.5 Å². The van der Waals surface area contributed by atoms with Crippen molar-refractivity contribution in [3.63, 3.8) is 0 Å². The van der Waals surface area contributed by atoms with Crippen LogP contribution in [0.3, 0.4) is 0 Å². The van der Waals surface area contributed by atoms with Crippen LogP contribution < -0.4 is 4.90 Å². The highest BCUT2D eigenvalue weighted by molar-refractivity contribution is 7.99. The highest BCUT2D eigenvalue weighted by Gasteiger charge is 2.28. The Morgan fingerprint density at radius 1 is 1.03 bits per heavy atom. The van der Waals surface area contributed by atoms with Crippen molar-refractivity contribution < 1.29 is 14.3 Å². The number of ether oxygens (including phenoxy) is 1. The van der Waals surface area contributed by atoms with Gasteiger partial charge in [-0.2, -0.15) is 5.10 Å². The molecule has 0 fully saturated rings. The Balaban J connectivity index is 1.39. The summed E-state index contributed by atoms with van der Waals surface area (Å²) in [6.07, 6.45) is 1.44. The molecule has 0 bridgehead atoms. The molecule has 2 aromatic heterocycles. The van der Waals surface area contributed by atoms with E-state index in [-0.39, 0.29) is 18.1 Å². The summed E-state index contributed by atoms with van der Waals surface area (Å²) in [5.74, 6) is -0.917. The van der Waals surface area contributed by atoms with Crippen molar-refractivity contribution in [3.8, 4) is 0 Å². The second-order valence-electron chi connectivity index (χ2n) is 7.15. The number of esters is 1. The van der Waals surface area contributed by atoms with Crippen LogP contribution in [0.2, 0.25) is 0 Å². The van der Waals surface area contributed by atoms with Crippen molar-refractivity contribution >= 4 is 46.0 Å². The van der Waals surface area contributed by atoms with Crippen LogP contribution in [-0.2, 0) is 16.6 Å². The van der Waals surface area contributed by atoms with Gasteiger partial charge in [-0.25, -0.2) is 9.78 Å². The number of benzene rings is 2. The maximum absolute atomic E-state index is 13.1. The third-order valence-electron chi connectivity index (χ3n) is 5.11. The first kappa shape index (κ1) is 19.3. The molecule has 0 atom stereocenters. The van der Waals surface area contributed by atoms with E-state index in [1.54, 1.807) is 34.5 Å². The molecular formula is C23H18N4O3S. The van der Waals surface area contributed by atoms with E-state index in [0.29, 0.717) is 5.65 Å². The van der Waals surface area contributed by atoms with E-state index in [0.717, 1.165) is 32.2 Å². The number of hydrogen-bond donors (Lipinski definition) is 0. The molecule has 0 spiro atoms. The number of pyridine rings is 1. The minimum absolute atomic E-state index is 0.284. The van der Waals surface area contributed by atoms with Crippen LogP contribution in [0.4, 0.5) is 11.4 Å². The summed E-state index contributed by atoms with van der Waals surface area (Å²) in [6, 6.07) is 17.1. The van der Waals surface area contributed by atoms with Crippen molar-refractivity contribution in [1.29, 1.82) is 0 Å².